The van der Waals surface area contributed by atoms with E-state index in [1.807, 2.05) is 24.3 Å². The molecule has 0 bridgehead atoms. The van der Waals surface area contributed by atoms with Crippen molar-refractivity contribution >= 4 is 18.0 Å². The first-order valence-corrected chi connectivity index (χ1v) is 14.3. The fourth-order valence-electron chi connectivity index (χ4n) is 5.12. The molecule has 1 aliphatic rings. The molecule has 2 amide bonds. The van der Waals surface area contributed by atoms with Crippen LogP contribution >= 0.6 is 0 Å². The lowest BCUT2D eigenvalue weighted by Gasteiger charge is -2.37. The Morgan fingerprint density at radius 2 is 1.68 bits per heavy atom. The molecular formula is C32H45N3O6. The number of benzene rings is 2. The van der Waals surface area contributed by atoms with Gasteiger partial charge in [0, 0.05) is 37.3 Å². The Morgan fingerprint density at radius 3 is 2.27 bits per heavy atom. The van der Waals surface area contributed by atoms with E-state index < -0.39 is 29.8 Å². The van der Waals surface area contributed by atoms with Gasteiger partial charge in [-0.3, -0.25) is 14.6 Å². The van der Waals surface area contributed by atoms with E-state index >= 15 is 0 Å². The van der Waals surface area contributed by atoms with Crippen molar-refractivity contribution in [3.63, 3.8) is 0 Å². The van der Waals surface area contributed by atoms with Crippen LogP contribution in [0.5, 0.6) is 5.75 Å². The third-order valence-corrected chi connectivity index (χ3v) is 6.99. The van der Waals surface area contributed by atoms with Gasteiger partial charge in [-0.15, -0.1) is 0 Å². The molecule has 1 N–H and O–H groups in total. The molecule has 9 nitrogen and oxygen atoms in total. The van der Waals surface area contributed by atoms with Gasteiger partial charge in [0.1, 0.15) is 17.4 Å². The van der Waals surface area contributed by atoms with E-state index in [-0.39, 0.29) is 5.91 Å². The minimum Gasteiger partial charge on any atom is -0.474 e. The van der Waals surface area contributed by atoms with Gasteiger partial charge in [0.15, 0.2) is 0 Å². The standard InChI is InChI=1S/C32H45N3O6/c1-21(2)34(22(3)4)19-17-33-29(36)27-26-15-14-25(40-28(30(37)39-8)23-12-10-9-11-13-23)20-24(26)16-18-35(27)31(38)41-32(5,6)7/h9-15,20-22,27-28H,16-19H2,1-8H3,(H,33,36). The number of nitrogens with zero attached hydrogens (tertiary/aromatic N) is 2. The second-order valence-electron chi connectivity index (χ2n) is 11.8. The van der Waals surface area contributed by atoms with Crippen LogP contribution in [0.15, 0.2) is 48.5 Å². The molecule has 0 spiro atoms. The summed E-state index contributed by atoms with van der Waals surface area (Å²) in [6, 6.07) is 14.3. The monoisotopic (exact) mass is 567 g/mol. The minimum absolute atomic E-state index is 0.269. The first kappa shape index (κ1) is 31.9. The third kappa shape index (κ3) is 8.45. The summed E-state index contributed by atoms with van der Waals surface area (Å²) in [5.41, 5.74) is 1.53. The summed E-state index contributed by atoms with van der Waals surface area (Å²) >= 11 is 0. The quantitative estimate of drug-likeness (QED) is 0.401. The fourth-order valence-corrected chi connectivity index (χ4v) is 5.12. The number of methoxy groups -OCH3 is 1. The van der Waals surface area contributed by atoms with E-state index in [4.69, 9.17) is 14.2 Å². The second-order valence-corrected chi connectivity index (χ2v) is 11.8. The molecule has 1 heterocycles. The largest absolute Gasteiger partial charge is 0.474 e. The van der Waals surface area contributed by atoms with Crippen molar-refractivity contribution in [1.82, 2.24) is 15.1 Å². The van der Waals surface area contributed by atoms with Gasteiger partial charge in [-0.1, -0.05) is 36.4 Å². The summed E-state index contributed by atoms with van der Waals surface area (Å²) in [6.07, 6.45) is -0.979. The van der Waals surface area contributed by atoms with Crippen LogP contribution < -0.4 is 10.1 Å². The minimum atomic E-state index is -0.940. The van der Waals surface area contributed by atoms with E-state index in [9.17, 15) is 14.4 Å². The number of amides is 2. The molecule has 0 radical (unpaired) electrons. The van der Waals surface area contributed by atoms with Crippen molar-refractivity contribution in [2.24, 2.45) is 0 Å². The SMILES string of the molecule is COC(=O)C(Oc1ccc2c(c1)CCN(C(=O)OC(C)(C)C)C2C(=O)NCCN(C(C)C)C(C)C)c1ccccc1. The number of fused-ring (bicyclic) bond motifs is 1. The van der Waals surface area contributed by atoms with Gasteiger partial charge in [-0.05, 0) is 78.1 Å². The van der Waals surface area contributed by atoms with E-state index in [1.54, 1.807) is 45.0 Å². The highest BCUT2D eigenvalue weighted by atomic mass is 16.6. The van der Waals surface area contributed by atoms with Gasteiger partial charge < -0.3 is 19.5 Å². The average Bonchev–Trinajstić information content (AvgIpc) is 2.91. The number of carbonyl (C=O) groups is 3. The highest BCUT2D eigenvalue weighted by molar-refractivity contribution is 5.88. The van der Waals surface area contributed by atoms with Crippen molar-refractivity contribution in [2.45, 2.75) is 84.7 Å². The van der Waals surface area contributed by atoms with Gasteiger partial charge >= 0.3 is 12.1 Å². The van der Waals surface area contributed by atoms with E-state index in [0.29, 0.717) is 55.0 Å². The lowest BCUT2D eigenvalue weighted by atomic mass is 9.92. The van der Waals surface area contributed by atoms with Crippen LogP contribution in [0.1, 0.15) is 77.3 Å². The maximum atomic E-state index is 13.7. The first-order valence-electron chi connectivity index (χ1n) is 14.3. The van der Waals surface area contributed by atoms with Crippen LogP contribution in [0, 0.1) is 0 Å². The maximum absolute atomic E-state index is 13.7. The molecule has 41 heavy (non-hydrogen) atoms. The molecule has 1 aliphatic heterocycles. The molecule has 9 heteroatoms. The van der Waals surface area contributed by atoms with Gasteiger partial charge in [0.05, 0.1) is 7.11 Å². The van der Waals surface area contributed by atoms with E-state index in [1.165, 1.54) is 12.0 Å². The number of hydrogen-bond donors (Lipinski definition) is 1. The zero-order valence-electron chi connectivity index (χ0n) is 25.6. The Balaban J connectivity index is 1.89. The molecule has 2 atom stereocenters. The van der Waals surface area contributed by atoms with Crippen molar-refractivity contribution < 1.29 is 28.6 Å². The Hall–Kier alpha value is -3.59. The molecule has 3 rings (SSSR count). The number of ether oxygens (including phenoxy) is 3. The third-order valence-electron chi connectivity index (χ3n) is 6.99. The van der Waals surface area contributed by atoms with E-state index in [0.717, 1.165) is 5.56 Å². The van der Waals surface area contributed by atoms with Gasteiger partial charge in [-0.2, -0.15) is 0 Å². The van der Waals surface area contributed by atoms with Crippen LogP contribution in [0.4, 0.5) is 4.79 Å². The van der Waals surface area contributed by atoms with Crippen molar-refractivity contribution in [1.29, 1.82) is 0 Å². The summed E-state index contributed by atoms with van der Waals surface area (Å²) in [6.45, 7) is 15.4. The summed E-state index contributed by atoms with van der Waals surface area (Å²) < 4.78 is 16.8. The van der Waals surface area contributed by atoms with Crippen molar-refractivity contribution in [3.8, 4) is 5.75 Å². The Labute approximate surface area is 244 Å². The Bertz CT molecular complexity index is 1180. The van der Waals surface area contributed by atoms with E-state index in [2.05, 4.69) is 37.9 Å². The molecule has 2 aromatic carbocycles. The highest BCUT2D eigenvalue weighted by Gasteiger charge is 2.38. The lowest BCUT2D eigenvalue weighted by molar-refractivity contribution is -0.149. The number of nitrogens with one attached hydrogen (secondary N) is 1. The second kappa shape index (κ2) is 13.9. The molecule has 0 saturated carbocycles. The number of carbonyl (C=O) groups excluding carboxylic acids is 3. The number of rotatable bonds is 10. The number of hydrogen-bond acceptors (Lipinski definition) is 7. The fraction of sp³-hybridized carbons (Fsp3) is 0.531. The molecule has 0 aliphatic carbocycles. The molecule has 2 aromatic rings. The van der Waals surface area contributed by atoms with Crippen LogP contribution in [-0.4, -0.2) is 72.2 Å². The molecule has 0 fully saturated rings. The maximum Gasteiger partial charge on any atom is 0.411 e. The molecular weight excluding hydrogens is 522 g/mol. The van der Waals surface area contributed by atoms with Crippen LogP contribution in [0.25, 0.3) is 0 Å². The topological polar surface area (TPSA) is 97.4 Å². The van der Waals surface area contributed by atoms with Gasteiger partial charge in [-0.25, -0.2) is 9.59 Å². The van der Waals surface area contributed by atoms with Crippen molar-refractivity contribution in [3.05, 3.63) is 65.2 Å². The molecule has 0 aromatic heterocycles. The molecule has 2 unspecified atom stereocenters. The lowest BCUT2D eigenvalue weighted by Crippen LogP contribution is -2.50. The summed E-state index contributed by atoms with van der Waals surface area (Å²) in [5.74, 6) is -0.314. The van der Waals surface area contributed by atoms with Crippen LogP contribution in [-0.2, 0) is 25.5 Å². The van der Waals surface area contributed by atoms with Crippen LogP contribution in [0.3, 0.4) is 0 Å². The number of esters is 1. The Morgan fingerprint density at radius 1 is 1.02 bits per heavy atom. The predicted octanol–water partition coefficient (Wildman–Crippen LogP) is 5.05. The normalized spacial score (nSPS) is 15.9. The Kier molecular flexibility index (Phi) is 10.8. The highest BCUT2D eigenvalue weighted by Crippen LogP contribution is 2.35. The smallest absolute Gasteiger partial charge is 0.411 e. The van der Waals surface area contributed by atoms with Crippen molar-refractivity contribution in [2.75, 3.05) is 26.7 Å². The van der Waals surface area contributed by atoms with Gasteiger partial charge in [0.25, 0.3) is 0 Å². The average molecular weight is 568 g/mol. The summed E-state index contributed by atoms with van der Waals surface area (Å²) in [5, 5.41) is 3.05. The first-order chi connectivity index (χ1) is 19.3. The summed E-state index contributed by atoms with van der Waals surface area (Å²) in [4.78, 5) is 43.2. The molecule has 224 valence electrons. The van der Waals surface area contributed by atoms with Gasteiger partial charge in [0.2, 0.25) is 12.0 Å². The zero-order chi connectivity index (χ0) is 30.3. The van der Waals surface area contributed by atoms with Crippen LogP contribution in [0.2, 0.25) is 0 Å². The summed E-state index contributed by atoms with van der Waals surface area (Å²) in [7, 11) is 1.32. The molecule has 0 saturated heterocycles. The predicted molar refractivity (Wildman–Crippen MR) is 158 cm³/mol. The zero-order valence-corrected chi connectivity index (χ0v) is 25.6.